The minimum absolute atomic E-state index is 0.00974. The van der Waals surface area contributed by atoms with Crippen molar-refractivity contribution in [3.05, 3.63) is 80.8 Å². The molecule has 37 heavy (non-hydrogen) atoms. The van der Waals surface area contributed by atoms with Crippen molar-refractivity contribution >= 4 is 64.7 Å². The van der Waals surface area contributed by atoms with Gasteiger partial charge >= 0.3 is 5.97 Å². The number of carboxylic acids is 1. The van der Waals surface area contributed by atoms with Crippen LogP contribution in [0.25, 0.3) is 11.3 Å². The molecule has 14 heteroatoms. The van der Waals surface area contributed by atoms with Gasteiger partial charge in [-0.3, -0.25) is 4.79 Å². The van der Waals surface area contributed by atoms with Gasteiger partial charge in [0.2, 0.25) is 0 Å². The van der Waals surface area contributed by atoms with E-state index in [4.69, 9.17) is 48.4 Å². The number of ether oxygens (including phenoxy) is 1. The number of aromatic nitrogens is 2. The Morgan fingerprint density at radius 3 is 2.68 bits per heavy atom. The predicted molar refractivity (Wildman–Crippen MR) is 138 cm³/mol. The number of hydrogen-bond acceptors (Lipinski definition) is 9. The number of hydrazone groups is 1. The first-order valence-corrected chi connectivity index (χ1v) is 12.4. The summed E-state index contributed by atoms with van der Waals surface area (Å²) in [6.45, 7) is -0.00974. The van der Waals surface area contributed by atoms with E-state index >= 15 is 0 Å². The number of nitrogens with zero attached hydrogens (tertiary/aromatic N) is 3. The number of furan rings is 1. The molecule has 1 amide bonds. The average Bonchev–Trinajstić information content (AvgIpc) is 3.52. The van der Waals surface area contributed by atoms with Gasteiger partial charge in [0.05, 0.1) is 27.6 Å². The molecule has 190 valence electrons. The van der Waals surface area contributed by atoms with E-state index in [0.717, 1.165) is 11.8 Å². The van der Waals surface area contributed by atoms with E-state index in [1.165, 1.54) is 18.3 Å². The fourth-order valence-corrected chi connectivity index (χ4v) is 4.07. The smallest absolute Gasteiger partial charge is 0.337 e. The summed E-state index contributed by atoms with van der Waals surface area (Å²) in [4.78, 5) is 23.3. The van der Waals surface area contributed by atoms with Crippen LogP contribution in [0.2, 0.25) is 15.1 Å². The van der Waals surface area contributed by atoms with Crippen molar-refractivity contribution in [2.45, 2.75) is 11.8 Å². The number of carboxylic acid groups (broad SMARTS) is 1. The van der Waals surface area contributed by atoms with Gasteiger partial charge < -0.3 is 18.7 Å². The first-order chi connectivity index (χ1) is 17.8. The Morgan fingerprint density at radius 1 is 1.05 bits per heavy atom. The average molecular weight is 582 g/mol. The van der Waals surface area contributed by atoms with Crippen molar-refractivity contribution in [2.24, 2.45) is 5.10 Å². The molecule has 0 radical (unpaired) electrons. The minimum atomic E-state index is -1.14. The van der Waals surface area contributed by atoms with Crippen LogP contribution in [0.15, 0.2) is 67.7 Å². The summed E-state index contributed by atoms with van der Waals surface area (Å²) in [5.74, 6) is -0.215. The van der Waals surface area contributed by atoms with E-state index in [9.17, 15) is 14.7 Å². The summed E-state index contributed by atoms with van der Waals surface area (Å²) in [6.07, 6.45) is 1.31. The number of halogens is 3. The van der Waals surface area contributed by atoms with Gasteiger partial charge in [-0.05, 0) is 48.5 Å². The molecular weight excluding hydrogens is 567 g/mol. The topological polar surface area (TPSA) is 140 Å². The lowest BCUT2D eigenvalue weighted by molar-refractivity contribution is -0.118. The highest BCUT2D eigenvalue weighted by Crippen LogP contribution is 2.29. The lowest BCUT2D eigenvalue weighted by Crippen LogP contribution is -2.19. The molecule has 2 N–H and O–H groups in total. The SMILES string of the molecule is O=C(CSc1nnc(COc2ccc(Cl)cc2Cl)o1)N/N=C\c1ccc(-c2ccc(Cl)c(C(=O)O)c2)o1. The van der Waals surface area contributed by atoms with Gasteiger partial charge in [0.25, 0.3) is 17.0 Å². The van der Waals surface area contributed by atoms with E-state index in [0.29, 0.717) is 32.9 Å². The molecule has 0 saturated heterocycles. The summed E-state index contributed by atoms with van der Waals surface area (Å²) in [5.41, 5.74) is 2.85. The van der Waals surface area contributed by atoms with Gasteiger partial charge in [-0.1, -0.05) is 46.6 Å². The van der Waals surface area contributed by atoms with Gasteiger partial charge in [-0.2, -0.15) is 5.10 Å². The molecule has 0 aliphatic rings. The number of aromatic carboxylic acids is 1. The van der Waals surface area contributed by atoms with E-state index in [1.54, 1.807) is 36.4 Å². The Kier molecular flexibility index (Phi) is 8.72. The van der Waals surface area contributed by atoms with Crippen molar-refractivity contribution in [2.75, 3.05) is 5.75 Å². The van der Waals surface area contributed by atoms with Crippen LogP contribution in [0.5, 0.6) is 5.75 Å². The largest absolute Gasteiger partial charge is 0.482 e. The minimum Gasteiger partial charge on any atom is -0.482 e. The van der Waals surface area contributed by atoms with Crippen molar-refractivity contribution in [3.63, 3.8) is 0 Å². The van der Waals surface area contributed by atoms with Crippen molar-refractivity contribution < 1.29 is 28.3 Å². The Bertz CT molecular complexity index is 1470. The number of nitrogens with one attached hydrogen (secondary N) is 1. The molecule has 0 aliphatic carbocycles. The monoisotopic (exact) mass is 580 g/mol. The van der Waals surface area contributed by atoms with Crippen LogP contribution in [-0.2, 0) is 11.4 Å². The molecule has 0 aliphatic heterocycles. The Balaban J connectivity index is 1.24. The molecule has 2 aromatic carbocycles. The summed E-state index contributed by atoms with van der Waals surface area (Å²) < 4.78 is 16.6. The molecule has 0 saturated carbocycles. The fraction of sp³-hybridized carbons (Fsp3) is 0.0870. The van der Waals surface area contributed by atoms with Crippen LogP contribution < -0.4 is 10.2 Å². The van der Waals surface area contributed by atoms with Gasteiger partial charge in [0.1, 0.15) is 17.3 Å². The van der Waals surface area contributed by atoms with Crippen LogP contribution >= 0.6 is 46.6 Å². The Labute approximate surface area is 228 Å². The molecule has 0 unspecified atom stereocenters. The van der Waals surface area contributed by atoms with Crippen molar-refractivity contribution in [1.82, 2.24) is 15.6 Å². The normalized spacial score (nSPS) is 11.1. The first kappa shape index (κ1) is 26.6. The number of carbonyl (C=O) groups excluding carboxylic acids is 1. The number of amides is 1. The second-order valence-electron chi connectivity index (χ2n) is 7.11. The van der Waals surface area contributed by atoms with E-state index in [1.807, 2.05) is 0 Å². The van der Waals surface area contributed by atoms with Crippen molar-refractivity contribution in [3.8, 4) is 17.1 Å². The molecule has 0 atom stereocenters. The van der Waals surface area contributed by atoms with E-state index in [-0.39, 0.29) is 34.1 Å². The fourth-order valence-electron chi connectivity index (χ4n) is 2.83. The second kappa shape index (κ2) is 12.2. The highest BCUT2D eigenvalue weighted by molar-refractivity contribution is 7.99. The number of rotatable bonds is 10. The van der Waals surface area contributed by atoms with Gasteiger partial charge in [0.15, 0.2) is 6.61 Å². The van der Waals surface area contributed by atoms with Crippen LogP contribution in [0, 0.1) is 0 Å². The summed E-state index contributed by atoms with van der Waals surface area (Å²) in [6, 6.07) is 12.6. The third-order valence-electron chi connectivity index (χ3n) is 4.51. The van der Waals surface area contributed by atoms with Gasteiger partial charge in [0, 0.05) is 10.6 Å². The van der Waals surface area contributed by atoms with Crippen LogP contribution in [0.4, 0.5) is 0 Å². The van der Waals surface area contributed by atoms with Crippen LogP contribution in [0.1, 0.15) is 22.0 Å². The quantitative estimate of drug-likeness (QED) is 0.135. The van der Waals surface area contributed by atoms with Crippen LogP contribution in [0.3, 0.4) is 0 Å². The highest BCUT2D eigenvalue weighted by atomic mass is 35.5. The third kappa shape index (κ3) is 7.26. The Morgan fingerprint density at radius 2 is 1.89 bits per heavy atom. The zero-order valence-corrected chi connectivity index (χ0v) is 21.6. The van der Waals surface area contributed by atoms with Gasteiger partial charge in [-0.15, -0.1) is 10.2 Å². The maximum atomic E-state index is 12.1. The highest BCUT2D eigenvalue weighted by Gasteiger charge is 2.13. The summed E-state index contributed by atoms with van der Waals surface area (Å²) >= 11 is 18.8. The molecular formula is C23H15Cl3N4O6S. The molecule has 0 spiro atoms. The van der Waals surface area contributed by atoms with Crippen LogP contribution in [-0.4, -0.2) is 39.1 Å². The molecule has 2 aromatic heterocycles. The lowest BCUT2D eigenvalue weighted by atomic mass is 10.1. The zero-order chi connectivity index (χ0) is 26.4. The molecule has 0 bridgehead atoms. The lowest BCUT2D eigenvalue weighted by Gasteiger charge is -2.05. The summed E-state index contributed by atoms with van der Waals surface area (Å²) in [5, 5.41) is 21.9. The van der Waals surface area contributed by atoms with Gasteiger partial charge in [-0.25, -0.2) is 10.2 Å². The second-order valence-corrected chi connectivity index (χ2v) is 9.29. The number of carbonyl (C=O) groups is 2. The standard InChI is InChI=1S/C23H15Cl3N4O6S/c24-13-2-5-19(17(26)8-13)34-10-21-29-30-23(36-21)37-11-20(31)28-27-9-14-3-6-18(35-14)12-1-4-16(25)15(7-12)22(32)33/h1-9H,10-11H2,(H,28,31)(H,32,33)/b27-9-. The molecule has 0 fully saturated rings. The van der Waals surface area contributed by atoms with Crippen molar-refractivity contribution in [1.29, 1.82) is 0 Å². The molecule has 4 aromatic rings. The molecule has 2 heterocycles. The summed E-state index contributed by atoms with van der Waals surface area (Å²) in [7, 11) is 0. The predicted octanol–water partition coefficient (Wildman–Crippen LogP) is 5.81. The first-order valence-electron chi connectivity index (χ1n) is 10.3. The Hall–Kier alpha value is -3.51. The zero-order valence-electron chi connectivity index (χ0n) is 18.5. The number of hydrogen-bond donors (Lipinski definition) is 2. The number of benzene rings is 2. The van der Waals surface area contributed by atoms with E-state index in [2.05, 4.69) is 20.7 Å². The maximum Gasteiger partial charge on any atom is 0.337 e. The number of thioether (sulfide) groups is 1. The van der Waals surface area contributed by atoms with E-state index < -0.39 is 11.9 Å². The molecule has 4 rings (SSSR count). The molecule has 10 nitrogen and oxygen atoms in total. The third-order valence-corrected chi connectivity index (χ3v) is 6.19. The maximum absolute atomic E-state index is 12.1.